The fourth-order valence-electron chi connectivity index (χ4n) is 2.64. The van der Waals surface area contributed by atoms with Crippen molar-refractivity contribution in [2.75, 3.05) is 7.11 Å². The number of methoxy groups -OCH3 is 1. The van der Waals surface area contributed by atoms with E-state index in [4.69, 9.17) is 9.84 Å². The zero-order chi connectivity index (χ0) is 20.5. The molecule has 0 bridgehead atoms. The molecule has 3 rings (SSSR count). The number of benzene rings is 1. The van der Waals surface area contributed by atoms with Crippen LogP contribution in [0.4, 0.5) is 13.2 Å². The molecule has 0 aliphatic rings. The monoisotopic (exact) mass is 391 g/mol. The standard InChI is InChI=1S/C18H12F3N3O4/c1-28-14-6-5-10(9-25)7-11(14)13-3-2-4-15(23-13)24-16(18(19,20)21)12(8-22-24)17(26)27/h2-9H,1H3,(H,26,27). The summed E-state index contributed by atoms with van der Waals surface area (Å²) in [7, 11) is 1.40. The van der Waals surface area contributed by atoms with Gasteiger partial charge in [0.05, 0.1) is 19.0 Å². The highest BCUT2D eigenvalue weighted by Crippen LogP contribution is 2.34. The molecule has 0 saturated heterocycles. The van der Waals surface area contributed by atoms with Gasteiger partial charge in [0.25, 0.3) is 0 Å². The van der Waals surface area contributed by atoms with Crippen LogP contribution >= 0.6 is 0 Å². The second-order valence-electron chi connectivity index (χ2n) is 5.58. The lowest BCUT2D eigenvalue weighted by Gasteiger charge is -2.13. The molecule has 0 saturated carbocycles. The Morgan fingerprint density at radius 2 is 2.00 bits per heavy atom. The molecule has 2 aromatic heterocycles. The van der Waals surface area contributed by atoms with Crippen LogP contribution in [0.25, 0.3) is 17.1 Å². The number of hydrogen-bond donors (Lipinski definition) is 1. The minimum atomic E-state index is -4.96. The normalized spacial score (nSPS) is 11.3. The summed E-state index contributed by atoms with van der Waals surface area (Å²) in [5.41, 5.74) is -1.50. The number of carbonyl (C=O) groups excluding carboxylic acids is 1. The Morgan fingerprint density at radius 1 is 1.25 bits per heavy atom. The number of aromatic carboxylic acids is 1. The van der Waals surface area contributed by atoms with Gasteiger partial charge in [-0.25, -0.2) is 14.5 Å². The Bertz CT molecular complexity index is 1060. The number of halogens is 3. The largest absolute Gasteiger partial charge is 0.496 e. The highest BCUT2D eigenvalue weighted by atomic mass is 19.4. The first-order chi connectivity index (χ1) is 13.3. The van der Waals surface area contributed by atoms with Crippen LogP contribution in [0, 0.1) is 0 Å². The molecule has 0 aliphatic heterocycles. The Hall–Kier alpha value is -3.69. The molecular weight excluding hydrogens is 379 g/mol. The van der Waals surface area contributed by atoms with E-state index in [2.05, 4.69) is 10.1 Å². The molecule has 144 valence electrons. The van der Waals surface area contributed by atoms with Crippen molar-refractivity contribution >= 4 is 12.3 Å². The second-order valence-corrected chi connectivity index (χ2v) is 5.58. The van der Waals surface area contributed by atoms with E-state index in [9.17, 15) is 22.8 Å². The molecular formula is C18H12F3N3O4. The van der Waals surface area contributed by atoms with Gasteiger partial charge >= 0.3 is 12.1 Å². The minimum Gasteiger partial charge on any atom is -0.496 e. The van der Waals surface area contributed by atoms with E-state index >= 15 is 0 Å². The van der Waals surface area contributed by atoms with Gasteiger partial charge in [0, 0.05) is 11.1 Å². The van der Waals surface area contributed by atoms with Crippen LogP contribution in [0.15, 0.2) is 42.6 Å². The third-order valence-electron chi connectivity index (χ3n) is 3.86. The van der Waals surface area contributed by atoms with Crippen molar-refractivity contribution < 1.29 is 32.6 Å². The van der Waals surface area contributed by atoms with E-state index in [1.165, 1.54) is 43.5 Å². The number of hydrogen-bond acceptors (Lipinski definition) is 5. The summed E-state index contributed by atoms with van der Waals surface area (Å²) in [6, 6.07) is 8.75. The summed E-state index contributed by atoms with van der Waals surface area (Å²) in [4.78, 5) is 26.3. The Labute approximate surface area is 156 Å². The topological polar surface area (TPSA) is 94.3 Å². The van der Waals surface area contributed by atoms with Gasteiger partial charge in [0.15, 0.2) is 11.5 Å². The van der Waals surface area contributed by atoms with Crippen LogP contribution in [0.2, 0.25) is 0 Å². The second kappa shape index (κ2) is 7.14. The van der Waals surface area contributed by atoms with Crippen molar-refractivity contribution in [3.05, 3.63) is 59.4 Å². The predicted octanol–water partition coefficient (Wildman–Crippen LogP) is 3.47. The summed E-state index contributed by atoms with van der Waals surface area (Å²) in [5, 5.41) is 12.6. The number of alkyl halides is 3. The molecule has 0 aliphatic carbocycles. The first-order valence-corrected chi connectivity index (χ1v) is 7.75. The zero-order valence-electron chi connectivity index (χ0n) is 14.3. The van der Waals surface area contributed by atoms with Crippen molar-refractivity contribution in [1.82, 2.24) is 14.8 Å². The highest BCUT2D eigenvalue weighted by Gasteiger charge is 2.41. The number of carboxylic acids is 1. The molecule has 0 unspecified atom stereocenters. The van der Waals surface area contributed by atoms with Gasteiger partial charge in [0.1, 0.15) is 17.6 Å². The van der Waals surface area contributed by atoms with Crippen LogP contribution in [-0.2, 0) is 6.18 Å². The zero-order valence-corrected chi connectivity index (χ0v) is 14.3. The van der Waals surface area contributed by atoms with Gasteiger partial charge in [-0.15, -0.1) is 0 Å². The van der Waals surface area contributed by atoms with Crippen LogP contribution < -0.4 is 4.74 Å². The van der Waals surface area contributed by atoms with Crippen molar-refractivity contribution in [2.24, 2.45) is 0 Å². The van der Waals surface area contributed by atoms with Gasteiger partial charge in [-0.2, -0.15) is 18.3 Å². The Kier molecular flexibility index (Phi) is 4.87. The van der Waals surface area contributed by atoms with E-state index in [1.807, 2.05) is 0 Å². The molecule has 0 fully saturated rings. The van der Waals surface area contributed by atoms with E-state index in [1.54, 1.807) is 0 Å². The lowest BCUT2D eigenvalue weighted by Crippen LogP contribution is -2.18. The lowest BCUT2D eigenvalue weighted by molar-refractivity contribution is -0.143. The number of nitrogens with zero attached hydrogens (tertiary/aromatic N) is 3. The van der Waals surface area contributed by atoms with Gasteiger partial charge in [-0.05, 0) is 30.3 Å². The number of carboxylic acid groups (broad SMARTS) is 1. The molecule has 10 heteroatoms. The molecule has 2 heterocycles. The average Bonchev–Trinajstić information content (AvgIpc) is 3.13. The maximum atomic E-state index is 13.4. The van der Waals surface area contributed by atoms with Crippen LogP contribution in [0.3, 0.4) is 0 Å². The number of rotatable bonds is 5. The summed E-state index contributed by atoms with van der Waals surface area (Å²) >= 11 is 0. The molecule has 0 amide bonds. The minimum absolute atomic E-state index is 0.221. The number of carbonyl (C=O) groups is 2. The SMILES string of the molecule is COc1ccc(C=O)cc1-c1cccc(-n2ncc(C(=O)O)c2C(F)(F)F)n1. The van der Waals surface area contributed by atoms with Crippen molar-refractivity contribution in [3.63, 3.8) is 0 Å². The van der Waals surface area contributed by atoms with E-state index in [0.29, 0.717) is 34.0 Å². The molecule has 28 heavy (non-hydrogen) atoms. The van der Waals surface area contributed by atoms with Crippen LogP contribution in [0.5, 0.6) is 5.75 Å². The van der Waals surface area contributed by atoms with Gasteiger partial charge in [-0.3, -0.25) is 4.79 Å². The number of aromatic nitrogens is 3. The molecule has 0 spiro atoms. The van der Waals surface area contributed by atoms with E-state index < -0.39 is 23.4 Å². The fourth-order valence-corrected chi connectivity index (χ4v) is 2.64. The van der Waals surface area contributed by atoms with Crippen molar-refractivity contribution in [2.45, 2.75) is 6.18 Å². The van der Waals surface area contributed by atoms with E-state index in [0.717, 1.165) is 0 Å². The van der Waals surface area contributed by atoms with Crippen molar-refractivity contribution in [3.8, 4) is 22.8 Å². The van der Waals surface area contributed by atoms with Gasteiger partial charge < -0.3 is 9.84 Å². The smallest absolute Gasteiger partial charge is 0.434 e. The van der Waals surface area contributed by atoms with Gasteiger partial charge in [-0.1, -0.05) is 6.07 Å². The summed E-state index contributed by atoms with van der Waals surface area (Å²) in [6.07, 6.45) is -3.73. The fraction of sp³-hybridized carbons (Fsp3) is 0.111. The lowest BCUT2D eigenvalue weighted by atomic mass is 10.1. The predicted molar refractivity (Wildman–Crippen MR) is 90.7 cm³/mol. The molecule has 1 N–H and O–H groups in total. The Morgan fingerprint density at radius 3 is 2.61 bits per heavy atom. The molecule has 3 aromatic rings. The quantitative estimate of drug-likeness (QED) is 0.670. The number of ether oxygens (including phenoxy) is 1. The Balaban J connectivity index is 2.19. The third kappa shape index (κ3) is 3.43. The molecule has 1 aromatic carbocycles. The average molecular weight is 391 g/mol. The molecule has 0 radical (unpaired) electrons. The van der Waals surface area contributed by atoms with Crippen LogP contribution in [-0.4, -0.2) is 39.2 Å². The molecule has 7 nitrogen and oxygen atoms in total. The summed E-state index contributed by atoms with van der Waals surface area (Å²) in [6.45, 7) is 0. The number of aldehydes is 1. The first-order valence-electron chi connectivity index (χ1n) is 7.75. The maximum absolute atomic E-state index is 13.4. The number of pyridine rings is 1. The summed E-state index contributed by atoms with van der Waals surface area (Å²) < 4.78 is 45.9. The third-order valence-corrected chi connectivity index (χ3v) is 3.86. The maximum Gasteiger partial charge on any atom is 0.434 e. The first kappa shape index (κ1) is 19.1. The van der Waals surface area contributed by atoms with Crippen LogP contribution in [0.1, 0.15) is 26.4 Å². The van der Waals surface area contributed by atoms with E-state index in [-0.39, 0.29) is 11.5 Å². The summed E-state index contributed by atoms with van der Waals surface area (Å²) in [5.74, 6) is -1.64. The van der Waals surface area contributed by atoms with Gasteiger partial charge in [0.2, 0.25) is 0 Å². The highest BCUT2D eigenvalue weighted by molar-refractivity contribution is 5.89. The molecule has 0 atom stereocenters. The van der Waals surface area contributed by atoms with Crippen molar-refractivity contribution in [1.29, 1.82) is 0 Å².